The Balaban J connectivity index is 1.62. The number of thioether (sulfide) groups is 1. The number of anilines is 1. The van der Waals surface area contributed by atoms with Crippen molar-refractivity contribution in [2.45, 2.75) is 22.8 Å². The van der Waals surface area contributed by atoms with Crippen molar-refractivity contribution in [3.63, 3.8) is 0 Å². The molecule has 0 bridgehead atoms. The second-order valence-corrected chi connectivity index (χ2v) is 10.4. The molecule has 1 N–H and O–H groups in total. The standard InChI is InChI=1S/C22H21N3O5S2/c1-30-20-14-16(32(2,28)29)6-7-18(20)23-10-3-5-15-13-17-19(25(26)27)8-9-21-22(17)24(15)11-4-12-31-21/h6-9,13-14,23H,4,10-12H2,1-2H3. The lowest BCUT2D eigenvalue weighted by atomic mass is 10.2. The normalized spacial score (nSPS) is 13.2. The molecule has 32 heavy (non-hydrogen) atoms. The summed E-state index contributed by atoms with van der Waals surface area (Å²) in [5, 5.41) is 15.2. The maximum absolute atomic E-state index is 11.7. The van der Waals surface area contributed by atoms with Gasteiger partial charge in [-0.3, -0.25) is 10.1 Å². The molecule has 2 heterocycles. The molecular weight excluding hydrogens is 450 g/mol. The zero-order chi connectivity index (χ0) is 22.9. The minimum Gasteiger partial charge on any atom is -0.495 e. The third-order valence-corrected chi connectivity index (χ3v) is 7.41. The fourth-order valence-electron chi connectivity index (χ4n) is 3.67. The Kier molecular flexibility index (Phi) is 6.04. The lowest BCUT2D eigenvalue weighted by Gasteiger charge is -2.10. The number of aryl methyl sites for hydroxylation is 1. The van der Waals surface area contributed by atoms with Gasteiger partial charge < -0.3 is 14.6 Å². The molecule has 10 heteroatoms. The van der Waals surface area contributed by atoms with E-state index in [0.717, 1.165) is 41.1 Å². The van der Waals surface area contributed by atoms with Crippen LogP contribution in [0.15, 0.2) is 46.2 Å². The molecule has 0 atom stereocenters. The summed E-state index contributed by atoms with van der Waals surface area (Å²) >= 11 is 1.71. The van der Waals surface area contributed by atoms with Gasteiger partial charge in [0.15, 0.2) is 9.84 Å². The highest BCUT2D eigenvalue weighted by Crippen LogP contribution is 2.38. The number of aromatic nitrogens is 1. The van der Waals surface area contributed by atoms with E-state index in [4.69, 9.17) is 4.74 Å². The highest BCUT2D eigenvalue weighted by molar-refractivity contribution is 7.99. The van der Waals surface area contributed by atoms with Gasteiger partial charge in [0.25, 0.3) is 5.69 Å². The smallest absolute Gasteiger partial charge is 0.278 e. The first-order valence-corrected chi connectivity index (χ1v) is 12.7. The van der Waals surface area contributed by atoms with Crippen LogP contribution >= 0.6 is 11.8 Å². The number of hydrogen-bond acceptors (Lipinski definition) is 7. The van der Waals surface area contributed by atoms with Crippen molar-refractivity contribution in [2.75, 3.05) is 31.0 Å². The summed E-state index contributed by atoms with van der Waals surface area (Å²) in [5.74, 6) is 7.56. The van der Waals surface area contributed by atoms with Crippen LogP contribution in [0.3, 0.4) is 0 Å². The van der Waals surface area contributed by atoms with Crippen LogP contribution in [0.4, 0.5) is 11.4 Å². The predicted molar refractivity (Wildman–Crippen MR) is 125 cm³/mol. The number of hydrogen-bond donors (Lipinski definition) is 1. The molecule has 0 saturated heterocycles. The zero-order valence-electron chi connectivity index (χ0n) is 17.5. The Morgan fingerprint density at radius 3 is 2.81 bits per heavy atom. The highest BCUT2D eigenvalue weighted by Gasteiger charge is 2.22. The van der Waals surface area contributed by atoms with E-state index in [0.29, 0.717) is 23.4 Å². The quantitative estimate of drug-likeness (QED) is 0.342. The molecule has 1 aliphatic heterocycles. The number of nitrogens with one attached hydrogen (secondary N) is 1. The van der Waals surface area contributed by atoms with E-state index in [2.05, 4.69) is 21.7 Å². The first-order chi connectivity index (χ1) is 15.3. The number of ether oxygens (including phenoxy) is 1. The molecule has 0 saturated carbocycles. The van der Waals surface area contributed by atoms with E-state index in [1.165, 1.54) is 19.2 Å². The summed E-state index contributed by atoms with van der Waals surface area (Å²) in [5.41, 5.74) is 2.32. The van der Waals surface area contributed by atoms with Crippen molar-refractivity contribution in [2.24, 2.45) is 0 Å². The van der Waals surface area contributed by atoms with Crippen LogP contribution in [0.5, 0.6) is 5.75 Å². The van der Waals surface area contributed by atoms with Crippen LogP contribution in [0.2, 0.25) is 0 Å². The van der Waals surface area contributed by atoms with Gasteiger partial charge >= 0.3 is 0 Å². The highest BCUT2D eigenvalue weighted by atomic mass is 32.2. The van der Waals surface area contributed by atoms with Crippen LogP contribution in [0, 0.1) is 22.0 Å². The van der Waals surface area contributed by atoms with Gasteiger partial charge in [-0.15, -0.1) is 11.8 Å². The average molecular weight is 472 g/mol. The second-order valence-electron chi connectivity index (χ2n) is 7.28. The van der Waals surface area contributed by atoms with Gasteiger partial charge in [-0.05, 0) is 42.4 Å². The predicted octanol–water partition coefficient (Wildman–Crippen LogP) is 3.92. The fraction of sp³-hybridized carbons (Fsp3) is 0.273. The number of sulfone groups is 1. The van der Waals surface area contributed by atoms with Crippen molar-refractivity contribution < 1.29 is 18.1 Å². The van der Waals surface area contributed by atoms with Crippen molar-refractivity contribution >= 4 is 43.9 Å². The first-order valence-electron chi connectivity index (χ1n) is 9.84. The summed E-state index contributed by atoms with van der Waals surface area (Å²) in [6.07, 6.45) is 2.10. The van der Waals surface area contributed by atoms with E-state index >= 15 is 0 Å². The number of nitrogens with zero attached hydrogens (tertiary/aromatic N) is 2. The van der Waals surface area contributed by atoms with Crippen molar-refractivity contribution in [1.82, 2.24) is 4.57 Å². The number of non-ortho nitro benzene ring substituents is 1. The summed E-state index contributed by atoms with van der Waals surface area (Å²) in [6, 6.07) is 9.79. The molecule has 0 unspecified atom stereocenters. The average Bonchev–Trinajstić information content (AvgIpc) is 2.96. The Morgan fingerprint density at radius 1 is 1.28 bits per heavy atom. The Morgan fingerprint density at radius 2 is 2.09 bits per heavy atom. The second kappa shape index (κ2) is 8.76. The number of methoxy groups -OCH3 is 1. The lowest BCUT2D eigenvalue weighted by molar-refractivity contribution is -0.383. The van der Waals surface area contributed by atoms with E-state index in [1.807, 2.05) is 6.07 Å². The molecule has 0 radical (unpaired) electrons. The third-order valence-electron chi connectivity index (χ3n) is 5.16. The molecule has 8 nitrogen and oxygen atoms in total. The monoisotopic (exact) mass is 471 g/mol. The fourth-order valence-corrected chi connectivity index (χ4v) is 5.32. The SMILES string of the molecule is COc1cc(S(C)(=O)=O)ccc1NCC#Cc1cc2c([N+](=O)[O-])ccc3c2n1CCCS3. The van der Waals surface area contributed by atoms with Crippen LogP contribution in [-0.4, -0.2) is 43.6 Å². The van der Waals surface area contributed by atoms with Gasteiger partial charge in [0.05, 0.1) is 45.8 Å². The number of benzene rings is 2. The topological polar surface area (TPSA) is 103 Å². The molecule has 4 rings (SSSR count). The summed E-state index contributed by atoms with van der Waals surface area (Å²) in [4.78, 5) is 12.3. The van der Waals surface area contributed by atoms with Gasteiger partial charge in [-0.1, -0.05) is 5.92 Å². The molecule has 3 aromatic rings. The molecule has 0 aliphatic carbocycles. The lowest BCUT2D eigenvalue weighted by Crippen LogP contribution is -2.04. The van der Waals surface area contributed by atoms with Crippen molar-refractivity contribution in [3.05, 3.63) is 52.2 Å². The maximum atomic E-state index is 11.7. The Hall–Kier alpha value is -3.16. The summed E-state index contributed by atoms with van der Waals surface area (Å²) < 4.78 is 30.8. The molecule has 0 spiro atoms. The van der Waals surface area contributed by atoms with Gasteiger partial charge in [-0.25, -0.2) is 8.42 Å². The van der Waals surface area contributed by atoms with Crippen LogP contribution in [0.1, 0.15) is 12.1 Å². The number of nitro benzene ring substituents is 1. The maximum Gasteiger partial charge on any atom is 0.278 e. The zero-order valence-corrected chi connectivity index (χ0v) is 19.2. The van der Waals surface area contributed by atoms with Gasteiger partial charge in [0.2, 0.25) is 0 Å². The van der Waals surface area contributed by atoms with Crippen LogP contribution in [0.25, 0.3) is 10.9 Å². The van der Waals surface area contributed by atoms with E-state index in [-0.39, 0.29) is 15.5 Å². The molecular formula is C22H21N3O5S2. The van der Waals surface area contributed by atoms with E-state index < -0.39 is 9.84 Å². The molecule has 1 aliphatic rings. The van der Waals surface area contributed by atoms with Crippen molar-refractivity contribution in [1.29, 1.82) is 0 Å². The van der Waals surface area contributed by atoms with Crippen LogP contribution < -0.4 is 10.1 Å². The van der Waals surface area contributed by atoms with E-state index in [1.54, 1.807) is 30.0 Å². The molecule has 166 valence electrons. The number of rotatable bonds is 5. The number of nitro groups is 1. The third kappa shape index (κ3) is 4.26. The van der Waals surface area contributed by atoms with Gasteiger partial charge in [0.1, 0.15) is 5.75 Å². The van der Waals surface area contributed by atoms with Gasteiger partial charge in [0, 0.05) is 29.8 Å². The molecule has 2 aromatic carbocycles. The Bertz CT molecular complexity index is 1380. The largest absolute Gasteiger partial charge is 0.495 e. The minimum absolute atomic E-state index is 0.0851. The molecule has 0 amide bonds. The van der Waals surface area contributed by atoms with Crippen molar-refractivity contribution in [3.8, 4) is 17.6 Å². The summed E-state index contributed by atoms with van der Waals surface area (Å²) in [7, 11) is -1.86. The van der Waals surface area contributed by atoms with Gasteiger partial charge in [-0.2, -0.15) is 0 Å². The van der Waals surface area contributed by atoms with E-state index in [9.17, 15) is 18.5 Å². The van der Waals surface area contributed by atoms with Crippen LogP contribution in [-0.2, 0) is 16.4 Å². The Labute approximate surface area is 190 Å². The summed E-state index contributed by atoms with van der Waals surface area (Å²) in [6.45, 7) is 1.04. The first kappa shape index (κ1) is 22.0. The minimum atomic E-state index is -3.33. The molecule has 1 aromatic heterocycles. The molecule has 0 fully saturated rings.